The molecule has 0 spiro atoms. The van der Waals surface area contributed by atoms with E-state index in [1.807, 2.05) is 60.7 Å². The van der Waals surface area contributed by atoms with Crippen LogP contribution >= 0.6 is 0 Å². The monoisotopic (exact) mass is 301 g/mol. The van der Waals surface area contributed by atoms with Gasteiger partial charge in [0.05, 0.1) is 17.1 Å². The Balaban J connectivity index is 1.54. The van der Waals surface area contributed by atoms with E-state index in [9.17, 15) is 4.79 Å². The first-order valence-corrected chi connectivity index (χ1v) is 7.58. The number of pyridine rings is 1. The van der Waals surface area contributed by atoms with E-state index in [4.69, 9.17) is 0 Å². The van der Waals surface area contributed by atoms with Crippen LogP contribution in [0.1, 0.15) is 5.56 Å². The number of carbonyl (C=O) groups is 1. The molecule has 3 aromatic rings. The predicted molar refractivity (Wildman–Crippen MR) is 92.2 cm³/mol. The Bertz CT molecular complexity index is 917. The number of anilines is 1. The number of nitrogens with one attached hydrogen (secondary N) is 1. The molecule has 23 heavy (non-hydrogen) atoms. The Hall–Kier alpha value is -3.01. The summed E-state index contributed by atoms with van der Waals surface area (Å²) in [6.07, 6.45) is 2.39. The van der Waals surface area contributed by atoms with Gasteiger partial charge in [-0.2, -0.15) is 0 Å². The van der Waals surface area contributed by atoms with E-state index in [1.54, 1.807) is 6.21 Å². The standard InChI is InChI=1S/C19H15N3O/c23-19(15-11-14-6-2-3-7-16(14)20-12-15)22-18-10-9-13-5-1-4-8-17(13)21-18/h1-10,12,15H,11H2,(H,21,22,23). The number of carbonyl (C=O) groups excluding carboxylic acids is 1. The number of rotatable bonds is 2. The summed E-state index contributed by atoms with van der Waals surface area (Å²) in [5.41, 5.74) is 2.91. The summed E-state index contributed by atoms with van der Waals surface area (Å²) in [5.74, 6) is 0.227. The Morgan fingerprint density at radius 1 is 1.00 bits per heavy atom. The zero-order valence-corrected chi connectivity index (χ0v) is 12.4. The van der Waals surface area contributed by atoms with Gasteiger partial charge in [-0.1, -0.05) is 36.4 Å². The van der Waals surface area contributed by atoms with Crippen molar-refractivity contribution in [3.63, 3.8) is 0 Å². The molecule has 4 rings (SSSR count). The van der Waals surface area contributed by atoms with E-state index in [1.165, 1.54) is 0 Å². The zero-order valence-electron chi connectivity index (χ0n) is 12.4. The lowest BCUT2D eigenvalue weighted by Gasteiger charge is -2.17. The van der Waals surface area contributed by atoms with Crippen molar-refractivity contribution in [2.75, 3.05) is 5.32 Å². The molecule has 4 heteroatoms. The van der Waals surface area contributed by atoms with Gasteiger partial charge in [-0.3, -0.25) is 9.79 Å². The van der Waals surface area contributed by atoms with Crippen LogP contribution < -0.4 is 5.32 Å². The fraction of sp³-hybridized carbons (Fsp3) is 0.105. The van der Waals surface area contributed by atoms with Gasteiger partial charge in [0.1, 0.15) is 5.82 Å². The fourth-order valence-corrected chi connectivity index (χ4v) is 2.78. The van der Waals surface area contributed by atoms with Crippen LogP contribution in [0.5, 0.6) is 0 Å². The molecule has 1 aromatic heterocycles. The second-order valence-corrected chi connectivity index (χ2v) is 5.60. The molecule has 112 valence electrons. The summed E-state index contributed by atoms with van der Waals surface area (Å²) in [6, 6.07) is 19.5. The maximum absolute atomic E-state index is 12.5. The van der Waals surface area contributed by atoms with Crippen LogP contribution in [0.15, 0.2) is 65.7 Å². The van der Waals surface area contributed by atoms with E-state index in [0.29, 0.717) is 12.2 Å². The summed E-state index contributed by atoms with van der Waals surface area (Å²) >= 11 is 0. The van der Waals surface area contributed by atoms with Crippen molar-refractivity contribution >= 4 is 34.5 Å². The molecule has 1 aliphatic rings. The number of fused-ring (bicyclic) bond motifs is 2. The number of hydrogen-bond acceptors (Lipinski definition) is 3. The van der Waals surface area contributed by atoms with E-state index in [0.717, 1.165) is 22.2 Å². The van der Waals surface area contributed by atoms with Gasteiger partial charge >= 0.3 is 0 Å². The Kier molecular flexibility index (Phi) is 3.35. The van der Waals surface area contributed by atoms with Crippen LogP contribution in [0.4, 0.5) is 11.5 Å². The van der Waals surface area contributed by atoms with E-state index in [2.05, 4.69) is 15.3 Å². The molecule has 0 aliphatic carbocycles. The second-order valence-electron chi connectivity index (χ2n) is 5.60. The highest BCUT2D eigenvalue weighted by Crippen LogP contribution is 2.26. The molecule has 0 saturated heterocycles. The maximum Gasteiger partial charge on any atom is 0.234 e. The van der Waals surface area contributed by atoms with Crippen molar-refractivity contribution in [1.82, 2.24) is 4.98 Å². The normalized spacial score (nSPS) is 16.1. The molecular formula is C19H15N3O. The molecule has 0 radical (unpaired) electrons. The molecule has 2 aromatic carbocycles. The van der Waals surface area contributed by atoms with Gasteiger partial charge in [0, 0.05) is 11.6 Å². The number of aromatic nitrogens is 1. The smallest absolute Gasteiger partial charge is 0.234 e. The van der Waals surface area contributed by atoms with Gasteiger partial charge in [0.2, 0.25) is 5.91 Å². The lowest BCUT2D eigenvalue weighted by atomic mass is 9.95. The molecular weight excluding hydrogens is 286 g/mol. The molecule has 1 unspecified atom stereocenters. The van der Waals surface area contributed by atoms with Gasteiger partial charge in [-0.25, -0.2) is 4.98 Å². The highest BCUT2D eigenvalue weighted by atomic mass is 16.1. The van der Waals surface area contributed by atoms with Gasteiger partial charge in [-0.05, 0) is 36.2 Å². The summed E-state index contributed by atoms with van der Waals surface area (Å²) in [7, 11) is 0. The number of nitrogens with zero attached hydrogens (tertiary/aromatic N) is 2. The van der Waals surface area contributed by atoms with Crippen LogP contribution in [0, 0.1) is 5.92 Å². The minimum Gasteiger partial charge on any atom is -0.310 e. The highest BCUT2D eigenvalue weighted by Gasteiger charge is 2.22. The molecule has 0 fully saturated rings. The average Bonchev–Trinajstić information content (AvgIpc) is 2.61. The number of benzene rings is 2. The summed E-state index contributed by atoms with van der Waals surface area (Å²) in [6.45, 7) is 0. The van der Waals surface area contributed by atoms with Gasteiger partial charge in [0.25, 0.3) is 0 Å². The van der Waals surface area contributed by atoms with Crippen molar-refractivity contribution in [2.24, 2.45) is 10.9 Å². The molecule has 1 N–H and O–H groups in total. The van der Waals surface area contributed by atoms with Crippen LogP contribution in [0.2, 0.25) is 0 Å². The van der Waals surface area contributed by atoms with E-state index < -0.39 is 0 Å². The van der Waals surface area contributed by atoms with Crippen molar-refractivity contribution < 1.29 is 4.79 Å². The Morgan fingerprint density at radius 3 is 2.78 bits per heavy atom. The minimum absolute atomic E-state index is 0.0777. The van der Waals surface area contributed by atoms with E-state index in [-0.39, 0.29) is 11.8 Å². The van der Waals surface area contributed by atoms with Gasteiger partial charge < -0.3 is 5.32 Å². The molecule has 1 amide bonds. The fourth-order valence-electron chi connectivity index (χ4n) is 2.78. The highest BCUT2D eigenvalue weighted by molar-refractivity contribution is 6.03. The first-order chi connectivity index (χ1) is 11.3. The van der Waals surface area contributed by atoms with Gasteiger partial charge in [-0.15, -0.1) is 0 Å². The average molecular weight is 301 g/mol. The molecule has 0 bridgehead atoms. The Labute approximate surface area is 133 Å². The molecule has 1 atom stereocenters. The number of aliphatic imine (C=N–C) groups is 1. The molecule has 4 nitrogen and oxygen atoms in total. The summed E-state index contributed by atoms with van der Waals surface area (Å²) in [5, 5.41) is 3.95. The minimum atomic E-state index is -0.266. The topological polar surface area (TPSA) is 54.4 Å². The lowest BCUT2D eigenvalue weighted by Crippen LogP contribution is -2.27. The number of para-hydroxylation sites is 2. The lowest BCUT2D eigenvalue weighted by molar-refractivity contribution is -0.117. The third-order valence-corrected chi connectivity index (χ3v) is 4.01. The largest absolute Gasteiger partial charge is 0.310 e. The predicted octanol–water partition coefficient (Wildman–Crippen LogP) is 3.75. The SMILES string of the molecule is O=C(Nc1ccc2ccccc2n1)C1C=Nc2ccccc2C1. The quantitative estimate of drug-likeness (QED) is 0.783. The Morgan fingerprint density at radius 2 is 1.83 bits per heavy atom. The summed E-state index contributed by atoms with van der Waals surface area (Å²) in [4.78, 5) is 21.3. The van der Waals surface area contributed by atoms with Crippen molar-refractivity contribution in [3.8, 4) is 0 Å². The third-order valence-electron chi connectivity index (χ3n) is 4.01. The molecule has 0 saturated carbocycles. The summed E-state index contributed by atoms with van der Waals surface area (Å²) < 4.78 is 0. The first-order valence-electron chi connectivity index (χ1n) is 7.58. The zero-order chi connectivity index (χ0) is 15.6. The van der Waals surface area contributed by atoms with Crippen molar-refractivity contribution in [3.05, 3.63) is 66.2 Å². The van der Waals surface area contributed by atoms with Crippen molar-refractivity contribution in [1.29, 1.82) is 0 Å². The molecule has 1 aliphatic heterocycles. The van der Waals surface area contributed by atoms with Crippen molar-refractivity contribution in [2.45, 2.75) is 6.42 Å². The van der Waals surface area contributed by atoms with Crippen LogP contribution in [0.3, 0.4) is 0 Å². The van der Waals surface area contributed by atoms with E-state index >= 15 is 0 Å². The molecule has 2 heterocycles. The maximum atomic E-state index is 12.5. The third kappa shape index (κ3) is 2.71. The number of hydrogen-bond donors (Lipinski definition) is 1. The van der Waals surface area contributed by atoms with Crippen LogP contribution in [0.25, 0.3) is 10.9 Å². The van der Waals surface area contributed by atoms with Crippen LogP contribution in [-0.4, -0.2) is 17.1 Å². The first kappa shape index (κ1) is 13.6. The van der Waals surface area contributed by atoms with Crippen LogP contribution in [-0.2, 0) is 11.2 Å². The second kappa shape index (κ2) is 5.65. The number of amides is 1. The van der Waals surface area contributed by atoms with Gasteiger partial charge in [0.15, 0.2) is 0 Å².